The zero-order valence-corrected chi connectivity index (χ0v) is 14.9. The summed E-state index contributed by atoms with van der Waals surface area (Å²) in [5, 5.41) is 2.95. The number of nitrogens with zero attached hydrogens (tertiary/aromatic N) is 1. The number of rotatable bonds is 5. The van der Waals surface area contributed by atoms with E-state index in [4.69, 9.17) is 0 Å². The fraction of sp³-hybridized carbons (Fsp3) is 0.579. The van der Waals surface area contributed by atoms with Crippen LogP contribution in [-0.2, 0) is 9.59 Å². The Hall–Kier alpha value is -1.84. The second-order valence-electron chi connectivity index (χ2n) is 7.43. The molecule has 0 aliphatic carbocycles. The molecule has 0 spiro atoms. The van der Waals surface area contributed by atoms with E-state index in [0.717, 1.165) is 24.1 Å². The molecular formula is C19H28N2O2. The van der Waals surface area contributed by atoms with E-state index in [2.05, 4.69) is 12.2 Å². The van der Waals surface area contributed by atoms with Crippen molar-refractivity contribution >= 4 is 17.5 Å². The maximum Gasteiger partial charge on any atom is 0.250 e. The first-order valence-electron chi connectivity index (χ1n) is 8.41. The van der Waals surface area contributed by atoms with Crippen molar-refractivity contribution in [1.82, 2.24) is 4.90 Å². The number of anilines is 1. The largest absolute Gasteiger partial charge is 0.328 e. The van der Waals surface area contributed by atoms with Gasteiger partial charge in [-0.3, -0.25) is 9.59 Å². The van der Waals surface area contributed by atoms with Crippen molar-refractivity contribution in [1.29, 1.82) is 0 Å². The molecule has 1 aliphatic heterocycles. The fourth-order valence-corrected chi connectivity index (χ4v) is 3.12. The molecule has 0 radical (unpaired) electrons. The summed E-state index contributed by atoms with van der Waals surface area (Å²) in [5.41, 5.74) is 0.762. The van der Waals surface area contributed by atoms with Gasteiger partial charge in [-0.2, -0.15) is 0 Å². The van der Waals surface area contributed by atoms with Gasteiger partial charge in [-0.1, -0.05) is 44.9 Å². The van der Waals surface area contributed by atoms with E-state index in [-0.39, 0.29) is 11.8 Å². The Morgan fingerprint density at radius 2 is 1.87 bits per heavy atom. The molecule has 1 aliphatic rings. The number of hydrogen-bond donors (Lipinski definition) is 1. The highest BCUT2D eigenvalue weighted by molar-refractivity contribution is 6.02. The molecule has 0 aromatic heterocycles. The molecular weight excluding hydrogens is 288 g/mol. The number of carbonyl (C=O) groups is 2. The van der Waals surface area contributed by atoms with Gasteiger partial charge in [0.05, 0.1) is 0 Å². The first-order valence-corrected chi connectivity index (χ1v) is 8.41. The third-order valence-corrected chi connectivity index (χ3v) is 4.92. The van der Waals surface area contributed by atoms with Gasteiger partial charge >= 0.3 is 0 Å². The highest BCUT2D eigenvalue weighted by Crippen LogP contribution is 2.37. The van der Waals surface area contributed by atoms with Crippen molar-refractivity contribution in [2.75, 3.05) is 11.9 Å². The summed E-state index contributed by atoms with van der Waals surface area (Å²) >= 11 is 0. The van der Waals surface area contributed by atoms with E-state index in [1.165, 1.54) is 0 Å². The van der Waals surface area contributed by atoms with Crippen LogP contribution in [0, 0.1) is 12.3 Å². The highest BCUT2D eigenvalue weighted by atomic mass is 16.2. The average Bonchev–Trinajstić information content (AvgIpc) is 2.47. The monoisotopic (exact) mass is 316 g/mol. The molecule has 0 bridgehead atoms. The minimum absolute atomic E-state index is 0.0761. The van der Waals surface area contributed by atoms with E-state index < -0.39 is 11.0 Å². The Labute approximate surface area is 139 Å². The number of likely N-dealkylation sites (tertiary alicyclic amines) is 1. The second-order valence-corrected chi connectivity index (χ2v) is 7.43. The van der Waals surface area contributed by atoms with Gasteiger partial charge in [0.25, 0.3) is 0 Å². The van der Waals surface area contributed by atoms with Crippen LogP contribution in [0.4, 0.5) is 5.69 Å². The lowest BCUT2D eigenvalue weighted by molar-refractivity contribution is -0.162. The van der Waals surface area contributed by atoms with Crippen LogP contribution in [0.1, 0.15) is 52.5 Å². The van der Waals surface area contributed by atoms with Crippen LogP contribution in [0.3, 0.4) is 0 Å². The third kappa shape index (κ3) is 3.41. The first kappa shape index (κ1) is 17.5. The molecule has 126 valence electrons. The van der Waals surface area contributed by atoms with Crippen molar-refractivity contribution < 1.29 is 9.59 Å². The summed E-state index contributed by atoms with van der Waals surface area (Å²) in [7, 11) is 0. The van der Waals surface area contributed by atoms with Gasteiger partial charge < -0.3 is 10.2 Å². The first-order chi connectivity index (χ1) is 10.7. The topological polar surface area (TPSA) is 49.4 Å². The predicted octanol–water partition coefficient (Wildman–Crippen LogP) is 3.75. The van der Waals surface area contributed by atoms with E-state index >= 15 is 0 Å². The summed E-state index contributed by atoms with van der Waals surface area (Å²) in [4.78, 5) is 27.2. The lowest BCUT2D eigenvalue weighted by Gasteiger charge is -2.51. The van der Waals surface area contributed by atoms with Gasteiger partial charge in [0.15, 0.2) is 0 Å². The molecule has 0 saturated carbocycles. The molecule has 23 heavy (non-hydrogen) atoms. The lowest BCUT2D eigenvalue weighted by Crippen LogP contribution is -2.68. The van der Waals surface area contributed by atoms with Crippen LogP contribution in [0.25, 0.3) is 0 Å². The molecule has 1 saturated heterocycles. The van der Waals surface area contributed by atoms with Gasteiger partial charge in [0, 0.05) is 17.6 Å². The Bertz CT molecular complexity index is 592. The molecule has 1 atom stereocenters. The summed E-state index contributed by atoms with van der Waals surface area (Å²) in [5.74, 6) is -0.0274. The van der Waals surface area contributed by atoms with E-state index in [1.54, 1.807) is 4.90 Å². The Morgan fingerprint density at radius 3 is 2.35 bits per heavy atom. The molecule has 4 heteroatoms. The average molecular weight is 316 g/mol. The number of benzene rings is 1. The third-order valence-electron chi connectivity index (χ3n) is 4.92. The van der Waals surface area contributed by atoms with Gasteiger partial charge in [-0.15, -0.1) is 0 Å². The minimum Gasteiger partial charge on any atom is -0.328 e. The van der Waals surface area contributed by atoms with E-state index in [9.17, 15) is 9.59 Å². The quantitative estimate of drug-likeness (QED) is 0.899. The van der Waals surface area contributed by atoms with Crippen molar-refractivity contribution in [2.45, 2.75) is 59.4 Å². The standard InChI is InChI=1S/C19H28N2O2/c1-6-11-18(3,4)17(23)21-13-12-19(21,5)16(22)20-15-9-7-14(2)8-10-15/h7-10H,6,11-13H2,1-5H3,(H,20,22). The van der Waals surface area contributed by atoms with Crippen LogP contribution in [0.5, 0.6) is 0 Å². The van der Waals surface area contributed by atoms with Crippen LogP contribution in [0.2, 0.25) is 0 Å². The van der Waals surface area contributed by atoms with Crippen molar-refractivity contribution in [3.63, 3.8) is 0 Å². The number of hydrogen-bond acceptors (Lipinski definition) is 2. The van der Waals surface area contributed by atoms with Crippen LogP contribution in [0.15, 0.2) is 24.3 Å². The zero-order valence-electron chi connectivity index (χ0n) is 14.9. The molecule has 1 aromatic rings. The minimum atomic E-state index is -0.743. The van der Waals surface area contributed by atoms with Crippen molar-refractivity contribution in [3.05, 3.63) is 29.8 Å². The van der Waals surface area contributed by atoms with Gasteiger partial charge in [0.1, 0.15) is 5.54 Å². The summed E-state index contributed by atoms with van der Waals surface area (Å²) in [6, 6.07) is 7.71. The Balaban J connectivity index is 2.10. The molecule has 1 unspecified atom stereocenters. The smallest absolute Gasteiger partial charge is 0.250 e. The van der Waals surface area contributed by atoms with Crippen LogP contribution >= 0.6 is 0 Å². The Kier molecular flexibility index (Phi) is 4.83. The maximum atomic E-state index is 12.8. The molecule has 1 fully saturated rings. The molecule has 2 amide bonds. The fourth-order valence-electron chi connectivity index (χ4n) is 3.12. The van der Waals surface area contributed by atoms with E-state index in [0.29, 0.717) is 13.0 Å². The predicted molar refractivity (Wildman–Crippen MR) is 93.2 cm³/mol. The maximum absolute atomic E-state index is 12.8. The molecule has 1 aromatic carbocycles. The van der Waals surface area contributed by atoms with Gasteiger partial charge in [0.2, 0.25) is 11.8 Å². The molecule has 1 heterocycles. The highest BCUT2D eigenvalue weighted by Gasteiger charge is 2.52. The van der Waals surface area contributed by atoms with Gasteiger partial charge in [-0.25, -0.2) is 0 Å². The number of amides is 2. The molecule has 1 N–H and O–H groups in total. The second kappa shape index (κ2) is 6.34. The summed E-state index contributed by atoms with van der Waals surface area (Å²) in [6.07, 6.45) is 2.50. The van der Waals surface area contributed by atoms with Crippen LogP contribution < -0.4 is 5.32 Å². The van der Waals surface area contributed by atoms with E-state index in [1.807, 2.05) is 52.0 Å². The van der Waals surface area contributed by atoms with Crippen molar-refractivity contribution in [2.24, 2.45) is 5.41 Å². The number of aryl methyl sites for hydroxylation is 1. The van der Waals surface area contributed by atoms with Gasteiger partial charge in [-0.05, 0) is 38.8 Å². The molecule has 4 nitrogen and oxygen atoms in total. The number of carbonyl (C=O) groups excluding carboxylic acids is 2. The summed E-state index contributed by atoms with van der Waals surface area (Å²) < 4.78 is 0. The normalized spacial score (nSPS) is 20.8. The lowest BCUT2D eigenvalue weighted by atomic mass is 9.79. The molecule has 2 rings (SSSR count). The zero-order chi connectivity index (χ0) is 17.3. The SMILES string of the molecule is CCCC(C)(C)C(=O)N1CCC1(C)C(=O)Nc1ccc(C)cc1. The Morgan fingerprint density at radius 1 is 1.26 bits per heavy atom. The number of nitrogens with one attached hydrogen (secondary N) is 1. The van der Waals surface area contributed by atoms with Crippen LogP contribution in [-0.4, -0.2) is 28.8 Å². The van der Waals surface area contributed by atoms with Crippen molar-refractivity contribution in [3.8, 4) is 0 Å². The summed E-state index contributed by atoms with van der Waals surface area (Å²) in [6.45, 7) is 10.5.